The molecule has 1 aromatic rings. The highest BCUT2D eigenvalue weighted by molar-refractivity contribution is 5.77. The largest absolute Gasteiger partial charge is 0.469 e. The number of nitrogens with two attached hydrogens (primary N) is 1. The molecule has 3 nitrogen and oxygen atoms in total. The Morgan fingerprint density at radius 1 is 1.38 bits per heavy atom. The molecule has 0 aliphatic heterocycles. The Morgan fingerprint density at radius 3 is 2.31 bits per heavy atom. The van der Waals surface area contributed by atoms with Gasteiger partial charge in [-0.25, -0.2) is 4.39 Å². The molecule has 2 N–H and O–H groups in total. The van der Waals surface area contributed by atoms with Gasteiger partial charge in [0.2, 0.25) is 0 Å². The fraction of sp³-hybridized carbons (Fsp3) is 0.417. The molecule has 0 aromatic heterocycles. The second kappa shape index (κ2) is 4.61. The van der Waals surface area contributed by atoms with E-state index in [1.54, 1.807) is 26.0 Å². The van der Waals surface area contributed by atoms with Gasteiger partial charge in [0.1, 0.15) is 5.82 Å². The van der Waals surface area contributed by atoms with E-state index in [9.17, 15) is 9.18 Å². The third-order valence-electron chi connectivity index (χ3n) is 2.72. The number of carbonyl (C=O) groups excluding carboxylic acids is 1. The number of carbonyl (C=O) groups is 1. The highest BCUT2D eigenvalue weighted by Crippen LogP contribution is 2.32. The summed E-state index contributed by atoms with van der Waals surface area (Å²) in [6.07, 6.45) is 0. The number of hydrogen-bond acceptors (Lipinski definition) is 3. The maximum atomic E-state index is 12.7. The molecule has 0 aliphatic rings. The minimum atomic E-state index is -0.841. The van der Waals surface area contributed by atoms with E-state index in [1.807, 2.05) is 0 Å². The maximum absolute atomic E-state index is 12.7. The molecule has 0 saturated heterocycles. The van der Waals surface area contributed by atoms with Crippen LogP contribution in [0, 0.1) is 11.2 Å². The summed E-state index contributed by atoms with van der Waals surface area (Å²) in [6.45, 7) is 3.40. The van der Waals surface area contributed by atoms with Crippen molar-refractivity contribution >= 4 is 5.97 Å². The predicted molar refractivity (Wildman–Crippen MR) is 59.1 cm³/mol. The number of methoxy groups -OCH3 is 1. The van der Waals surface area contributed by atoms with Crippen molar-refractivity contribution in [3.8, 4) is 0 Å². The lowest BCUT2D eigenvalue weighted by atomic mass is 9.81. The van der Waals surface area contributed by atoms with E-state index >= 15 is 0 Å². The van der Waals surface area contributed by atoms with Crippen LogP contribution in [0.4, 0.5) is 4.39 Å². The Morgan fingerprint density at radius 2 is 1.88 bits per heavy atom. The standard InChI is InChI=1S/C12H16FNO2/c1-12(2,11(15)16-3)10(14)8-4-6-9(13)7-5-8/h4-7,10H,14H2,1-3H3/t10-/m0/s1. The molecule has 0 aliphatic carbocycles. The lowest BCUT2D eigenvalue weighted by molar-refractivity contribution is -0.152. The third-order valence-corrected chi connectivity index (χ3v) is 2.72. The molecule has 0 amide bonds. The molecule has 0 unspecified atom stereocenters. The molecule has 1 rings (SSSR count). The average Bonchev–Trinajstić information content (AvgIpc) is 2.28. The van der Waals surface area contributed by atoms with Gasteiger partial charge in [0.05, 0.1) is 12.5 Å². The van der Waals surface area contributed by atoms with Gasteiger partial charge in [-0.3, -0.25) is 4.79 Å². The second-order valence-corrected chi connectivity index (χ2v) is 4.24. The summed E-state index contributed by atoms with van der Waals surface area (Å²) < 4.78 is 17.4. The maximum Gasteiger partial charge on any atom is 0.313 e. The molecule has 1 aromatic carbocycles. The molecular formula is C12H16FNO2. The molecule has 4 heteroatoms. The zero-order chi connectivity index (χ0) is 12.3. The van der Waals surface area contributed by atoms with Gasteiger partial charge < -0.3 is 10.5 Å². The summed E-state index contributed by atoms with van der Waals surface area (Å²) >= 11 is 0. The number of ether oxygens (including phenoxy) is 1. The number of benzene rings is 1. The summed E-state index contributed by atoms with van der Waals surface area (Å²) in [5, 5.41) is 0. The number of halogens is 1. The fourth-order valence-corrected chi connectivity index (χ4v) is 1.48. The Balaban J connectivity index is 2.97. The summed E-state index contributed by atoms with van der Waals surface area (Å²) in [7, 11) is 1.32. The molecular weight excluding hydrogens is 209 g/mol. The van der Waals surface area contributed by atoms with E-state index in [-0.39, 0.29) is 11.8 Å². The first-order valence-electron chi connectivity index (χ1n) is 4.99. The van der Waals surface area contributed by atoms with Crippen LogP contribution in [0.5, 0.6) is 0 Å². The minimum Gasteiger partial charge on any atom is -0.469 e. The van der Waals surface area contributed by atoms with Crippen molar-refractivity contribution in [1.82, 2.24) is 0 Å². The Bertz CT molecular complexity index is 373. The van der Waals surface area contributed by atoms with Crippen LogP contribution in [0.3, 0.4) is 0 Å². The van der Waals surface area contributed by atoms with E-state index in [1.165, 1.54) is 19.2 Å². The molecule has 88 valence electrons. The van der Waals surface area contributed by atoms with Crippen LogP contribution in [0.25, 0.3) is 0 Å². The van der Waals surface area contributed by atoms with E-state index < -0.39 is 11.5 Å². The van der Waals surface area contributed by atoms with Gasteiger partial charge >= 0.3 is 5.97 Å². The van der Waals surface area contributed by atoms with Crippen LogP contribution in [0.15, 0.2) is 24.3 Å². The van der Waals surface area contributed by atoms with Gasteiger partial charge in [-0.2, -0.15) is 0 Å². The molecule has 0 bridgehead atoms. The molecule has 0 radical (unpaired) electrons. The summed E-state index contributed by atoms with van der Waals surface area (Å²) in [4.78, 5) is 11.5. The van der Waals surface area contributed by atoms with Gasteiger partial charge in [0, 0.05) is 6.04 Å². The lowest BCUT2D eigenvalue weighted by Gasteiger charge is -2.28. The highest BCUT2D eigenvalue weighted by atomic mass is 19.1. The van der Waals surface area contributed by atoms with Crippen molar-refractivity contribution in [2.75, 3.05) is 7.11 Å². The van der Waals surface area contributed by atoms with Crippen LogP contribution in [-0.4, -0.2) is 13.1 Å². The van der Waals surface area contributed by atoms with Gasteiger partial charge in [-0.1, -0.05) is 12.1 Å². The Labute approximate surface area is 94.4 Å². The summed E-state index contributed by atoms with van der Waals surface area (Å²) in [6, 6.07) is 5.26. The van der Waals surface area contributed by atoms with Crippen LogP contribution in [-0.2, 0) is 9.53 Å². The first-order chi connectivity index (χ1) is 7.39. The average molecular weight is 225 g/mol. The first-order valence-corrected chi connectivity index (χ1v) is 4.99. The zero-order valence-corrected chi connectivity index (χ0v) is 9.66. The predicted octanol–water partition coefficient (Wildman–Crippen LogP) is 2.02. The van der Waals surface area contributed by atoms with Crippen LogP contribution >= 0.6 is 0 Å². The van der Waals surface area contributed by atoms with Crippen LogP contribution in [0.2, 0.25) is 0 Å². The summed E-state index contributed by atoms with van der Waals surface area (Å²) in [5.41, 5.74) is 5.84. The SMILES string of the molecule is COC(=O)C(C)(C)[C@@H](N)c1ccc(F)cc1. The van der Waals surface area contributed by atoms with E-state index in [0.29, 0.717) is 5.56 Å². The van der Waals surface area contributed by atoms with Crippen LogP contribution in [0.1, 0.15) is 25.5 Å². The molecule has 0 spiro atoms. The quantitative estimate of drug-likeness (QED) is 0.801. The molecule has 0 fully saturated rings. The van der Waals surface area contributed by atoms with Gasteiger partial charge in [0.15, 0.2) is 0 Å². The van der Waals surface area contributed by atoms with E-state index in [2.05, 4.69) is 4.74 Å². The molecule has 1 atom stereocenters. The van der Waals surface area contributed by atoms with Crippen molar-refractivity contribution in [2.24, 2.45) is 11.1 Å². The van der Waals surface area contributed by atoms with E-state index in [4.69, 9.17) is 5.73 Å². The number of hydrogen-bond donors (Lipinski definition) is 1. The topological polar surface area (TPSA) is 52.3 Å². The highest BCUT2D eigenvalue weighted by Gasteiger charge is 2.36. The van der Waals surface area contributed by atoms with Crippen molar-refractivity contribution in [3.05, 3.63) is 35.6 Å². The zero-order valence-electron chi connectivity index (χ0n) is 9.66. The number of rotatable bonds is 3. The molecule has 0 heterocycles. The minimum absolute atomic E-state index is 0.327. The summed E-state index contributed by atoms with van der Waals surface area (Å²) in [5.74, 6) is -0.712. The smallest absolute Gasteiger partial charge is 0.313 e. The third kappa shape index (κ3) is 2.39. The monoisotopic (exact) mass is 225 g/mol. The van der Waals surface area contributed by atoms with Crippen molar-refractivity contribution < 1.29 is 13.9 Å². The first kappa shape index (κ1) is 12.6. The lowest BCUT2D eigenvalue weighted by Crippen LogP contribution is -2.37. The van der Waals surface area contributed by atoms with Crippen LogP contribution < -0.4 is 5.73 Å². The normalized spacial score (nSPS) is 13.3. The molecule has 16 heavy (non-hydrogen) atoms. The number of esters is 1. The van der Waals surface area contributed by atoms with Crippen molar-refractivity contribution in [2.45, 2.75) is 19.9 Å². The second-order valence-electron chi connectivity index (χ2n) is 4.24. The Hall–Kier alpha value is -1.42. The van der Waals surface area contributed by atoms with Gasteiger partial charge in [-0.05, 0) is 31.5 Å². The Kier molecular flexibility index (Phi) is 3.65. The van der Waals surface area contributed by atoms with Crippen molar-refractivity contribution in [3.63, 3.8) is 0 Å². The fourth-order valence-electron chi connectivity index (χ4n) is 1.48. The van der Waals surface area contributed by atoms with Crippen molar-refractivity contribution in [1.29, 1.82) is 0 Å². The molecule has 0 saturated carbocycles. The van der Waals surface area contributed by atoms with Gasteiger partial charge in [0.25, 0.3) is 0 Å². The van der Waals surface area contributed by atoms with E-state index in [0.717, 1.165) is 0 Å². The van der Waals surface area contributed by atoms with Gasteiger partial charge in [-0.15, -0.1) is 0 Å².